The van der Waals surface area contributed by atoms with Crippen LogP contribution in [0.5, 0.6) is 5.75 Å². The van der Waals surface area contributed by atoms with Gasteiger partial charge in [-0.2, -0.15) is 0 Å². The van der Waals surface area contributed by atoms with Crippen molar-refractivity contribution in [3.8, 4) is 5.75 Å². The third kappa shape index (κ3) is 5.82. The molecule has 1 N–H and O–H groups in total. The van der Waals surface area contributed by atoms with Crippen molar-refractivity contribution >= 4 is 6.09 Å². The number of carbonyl (C=O) groups excluding carboxylic acids is 1. The minimum atomic E-state index is -0.400. The first kappa shape index (κ1) is 17.7. The van der Waals surface area contributed by atoms with E-state index in [1.165, 1.54) is 0 Å². The second-order valence-corrected chi connectivity index (χ2v) is 5.36. The first-order valence-corrected chi connectivity index (χ1v) is 7.91. The smallest absolute Gasteiger partial charge is 0.410 e. The minimum absolute atomic E-state index is 0.00600. The van der Waals surface area contributed by atoms with Crippen molar-refractivity contribution in [2.45, 2.75) is 25.5 Å². The van der Waals surface area contributed by atoms with Gasteiger partial charge in [-0.3, -0.25) is 4.90 Å². The normalized spacial score (nSPS) is 18.0. The summed E-state index contributed by atoms with van der Waals surface area (Å²) < 4.78 is 16.3. The average Bonchev–Trinajstić information content (AvgIpc) is 2.57. The summed E-state index contributed by atoms with van der Waals surface area (Å²) in [5.74, 6) is 0.498. The number of hydrogen-bond donors (Lipinski definition) is 1. The Balaban J connectivity index is 1.84. The summed E-state index contributed by atoms with van der Waals surface area (Å²) in [6, 6.07) is 7.04. The minimum Gasteiger partial charge on any atom is -0.410 e. The Morgan fingerprint density at radius 1 is 1.22 bits per heavy atom. The molecule has 1 radical (unpaired) electrons. The third-order valence-corrected chi connectivity index (χ3v) is 3.58. The summed E-state index contributed by atoms with van der Waals surface area (Å²) in [6.07, 6.45) is 2.05. The van der Waals surface area contributed by atoms with Gasteiger partial charge >= 0.3 is 6.09 Å². The highest BCUT2D eigenvalue weighted by molar-refractivity contribution is 5.71. The topological polar surface area (TPSA) is 68.2 Å². The number of rotatable bonds is 7. The molecule has 1 heterocycles. The van der Waals surface area contributed by atoms with E-state index in [0.29, 0.717) is 32.1 Å². The largest absolute Gasteiger partial charge is 0.417 e. The molecular formula is C17H24NO5. The van der Waals surface area contributed by atoms with Crippen molar-refractivity contribution in [2.24, 2.45) is 0 Å². The zero-order valence-electron chi connectivity index (χ0n) is 13.3. The van der Waals surface area contributed by atoms with Gasteiger partial charge in [0.05, 0.1) is 26.4 Å². The van der Waals surface area contributed by atoms with Crippen molar-refractivity contribution in [2.75, 3.05) is 33.0 Å². The average molecular weight is 322 g/mol. The van der Waals surface area contributed by atoms with Crippen molar-refractivity contribution in [3.05, 3.63) is 36.8 Å². The molecule has 0 aliphatic carbocycles. The van der Waals surface area contributed by atoms with Crippen LogP contribution in [0.15, 0.2) is 24.3 Å². The maximum Gasteiger partial charge on any atom is 0.417 e. The van der Waals surface area contributed by atoms with E-state index < -0.39 is 6.09 Å². The van der Waals surface area contributed by atoms with E-state index in [1.54, 1.807) is 29.2 Å². The summed E-state index contributed by atoms with van der Waals surface area (Å²) in [6.45, 7) is 5.48. The lowest BCUT2D eigenvalue weighted by atomic mass is 10.1. The summed E-state index contributed by atoms with van der Waals surface area (Å²) in [7, 11) is 0. The Kier molecular flexibility index (Phi) is 7.32. The van der Waals surface area contributed by atoms with E-state index in [2.05, 4.69) is 6.92 Å². The third-order valence-electron chi connectivity index (χ3n) is 3.58. The van der Waals surface area contributed by atoms with Crippen molar-refractivity contribution in [1.29, 1.82) is 0 Å². The number of aliphatic hydroxyl groups excluding tert-OH is 1. The van der Waals surface area contributed by atoms with Crippen LogP contribution in [0.3, 0.4) is 0 Å². The summed E-state index contributed by atoms with van der Waals surface area (Å²) in [5.41, 5.74) is 0.867. The first-order chi connectivity index (χ1) is 11.2. The van der Waals surface area contributed by atoms with Crippen LogP contribution in [0.25, 0.3) is 0 Å². The van der Waals surface area contributed by atoms with E-state index >= 15 is 0 Å². The molecule has 1 amide bonds. The summed E-state index contributed by atoms with van der Waals surface area (Å²) in [4.78, 5) is 14.0. The number of piperidine rings is 1. The van der Waals surface area contributed by atoms with Crippen molar-refractivity contribution in [1.82, 2.24) is 4.90 Å². The summed E-state index contributed by atoms with van der Waals surface area (Å²) in [5, 5.41) is 8.65. The Bertz CT molecular complexity index is 476. The van der Waals surface area contributed by atoms with Gasteiger partial charge in [-0.1, -0.05) is 12.1 Å². The zero-order valence-corrected chi connectivity index (χ0v) is 13.3. The lowest BCUT2D eigenvalue weighted by Crippen LogP contribution is -2.46. The Hall–Kier alpha value is -1.63. The number of benzene rings is 1. The molecule has 1 aliphatic heterocycles. The highest BCUT2D eigenvalue weighted by Crippen LogP contribution is 2.20. The van der Waals surface area contributed by atoms with Crippen molar-refractivity contribution in [3.63, 3.8) is 0 Å². The van der Waals surface area contributed by atoms with E-state index in [4.69, 9.17) is 19.3 Å². The van der Waals surface area contributed by atoms with E-state index in [-0.39, 0.29) is 12.8 Å². The number of ether oxygens (including phenoxy) is 3. The molecule has 0 aromatic heterocycles. The fourth-order valence-corrected chi connectivity index (χ4v) is 2.41. The Morgan fingerprint density at radius 2 is 2.00 bits per heavy atom. The Morgan fingerprint density at radius 3 is 2.74 bits per heavy atom. The maximum absolute atomic E-state index is 12.3. The van der Waals surface area contributed by atoms with Gasteiger partial charge < -0.3 is 19.3 Å². The van der Waals surface area contributed by atoms with Gasteiger partial charge in [-0.25, -0.2) is 4.79 Å². The van der Waals surface area contributed by atoms with E-state index in [9.17, 15) is 4.79 Å². The molecule has 1 saturated heterocycles. The van der Waals surface area contributed by atoms with Crippen LogP contribution < -0.4 is 4.74 Å². The number of likely N-dealkylation sites (tertiary alicyclic amines) is 1. The highest BCUT2D eigenvalue weighted by atomic mass is 16.6. The molecule has 1 aromatic rings. The molecule has 23 heavy (non-hydrogen) atoms. The number of carbonyl (C=O) groups is 1. The number of nitrogens with zero attached hydrogens (tertiary/aromatic N) is 1. The molecule has 1 unspecified atom stereocenters. The van der Waals surface area contributed by atoms with Crippen LogP contribution in [-0.4, -0.2) is 55.3 Å². The van der Waals surface area contributed by atoms with Crippen LogP contribution in [0.2, 0.25) is 0 Å². The molecule has 1 aromatic carbocycles. The maximum atomic E-state index is 12.3. The van der Waals surface area contributed by atoms with Gasteiger partial charge in [0, 0.05) is 6.54 Å². The fraction of sp³-hybridized carbons (Fsp3) is 0.529. The molecule has 0 spiro atoms. The summed E-state index contributed by atoms with van der Waals surface area (Å²) >= 11 is 0. The van der Waals surface area contributed by atoms with Gasteiger partial charge in [-0.05, 0) is 43.9 Å². The van der Waals surface area contributed by atoms with Gasteiger partial charge in [0.25, 0.3) is 0 Å². The molecule has 2 rings (SSSR count). The Labute approximate surface area is 136 Å². The molecule has 0 bridgehead atoms. The fourth-order valence-electron chi connectivity index (χ4n) is 2.41. The van der Waals surface area contributed by atoms with Gasteiger partial charge in [0.1, 0.15) is 12.0 Å². The molecule has 6 nitrogen and oxygen atoms in total. The van der Waals surface area contributed by atoms with Gasteiger partial charge in [0.15, 0.2) is 0 Å². The molecule has 1 atom stereocenters. The molecule has 0 saturated carbocycles. The zero-order chi connectivity index (χ0) is 16.5. The molecule has 127 valence electrons. The number of amides is 1. The van der Waals surface area contributed by atoms with Crippen LogP contribution >= 0.6 is 0 Å². The molecule has 1 aliphatic rings. The quantitative estimate of drug-likeness (QED) is 0.780. The second kappa shape index (κ2) is 9.50. The SMILES string of the molecule is [CH2]c1ccc(OC(=O)N2CCCCC2OCCOCCO)cc1. The second-order valence-electron chi connectivity index (χ2n) is 5.36. The van der Waals surface area contributed by atoms with Gasteiger partial charge in [0.2, 0.25) is 0 Å². The predicted octanol–water partition coefficient (Wildman–Crippen LogP) is 2.21. The van der Waals surface area contributed by atoms with Crippen LogP contribution in [-0.2, 0) is 9.47 Å². The van der Waals surface area contributed by atoms with Crippen LogP contribution in [0.4, 0.5) is 4.79 Å². The lowest BCUT2D eigenvalue weighted by molar-refractivity contribution is -0.0815. The highest BCUT2D eigenvalue weighted by Gasteiger charge is 2.28. The molecule has 6 heteroatoms. The van der Waals surface area contributed by atoms with Crippen molar-refractivity contribution < 1.29 is 24.1 Å². The molecular weight excluding hydrogens is 298 g/mol. The number of hydrogen-bond acceptors (Lipinski definition) is 5. The van der Waals surface area contributed by atoms with E-state index in [0.717, 1.165) is 24.8 Å². The monoisotopic (exact) mass is 322 g/mol. The first-order valence-electron chi connectivity index (χ1n) is 7.91. The van der Waals surface area contributed by atoms with E-state index in [1.807, 2.05) is 0 Å². The van der Waals surface area contributed by atoms with Crippen LogP contribution in [0.1, 0.15) is 24.8 Å². The van der Waals surface area contributed by atoms with Crippen LogP contribution in [0, 0.1) is 6.92 Å². The molecule has 1 fully saturated rings. The standard InChI is InChI=1S/C17H24NO5/c1-14-5-7-15(8-6-14)23-17(20)18-9-3-2-4-16(18)22-13-12-21-11-10-19/h5-8,16,19H,1-4,9-13H2. The number of aliphatic hydroxyl groups is 1. The lowest BCUT2D eigenvalue weighted by Gasteiger charge is -2.34. The van der Waals surface area contributed by atoms with Gasteiger partial charge in [-0.15, -0.1) is 0 Å². The predicted molar refractivity (Wildman–Crippen MR) is 85.1 cm³/mol.